The third-order valence-electron chi connectivity index (χ3n) is 9.98. The summed E-state index contributed by atoms with van der Waals surface area (Å²) in [5, 5.41) is 15.5. The van der Waals surface area contributed by atoms with E-state index in [1.807, 2.05) is 79.3 Å². The lowest BCUT2D eigenvalue weighted by Gasteiger charge is -2.29. The molecule has 0 amide bonds. The van der Waals surface area contributed by atoms with Crippen LogP contribution < -0.4 is 27.4 Å². The van der Waals surface area contributed by atoms with Crippen molar-refractivity contribution in [3.8, 4) is 0 Å². The largest absolute Gasteiger partial charge is 0.382 e. The fourth-order valence-electron chi connectivity index (χ4n) is 6.77. The van der Waals surface area contributed by atoms with E-state index in [0.29, 0.717) is 11.8 Å². The second-order valence-corrected chi connectivity index (χ2v) is 15.5. The first-order valence-electron chi connectivity index (χ1n) is 20.7. The maximum absolute atomic E-state index is 6.10. The number of rotatable bonds is 7. The average Bonchev–Trinajstić information content (AvgIpc) is 4.03. The Morgan fingerprint density at radius 3 is 2.36 bits per heavy atom. The molecule has 12 nitrogen and oxygen atoms in total. The number of anilines is 2. The number of benzene rings is 1. The Morgan fingerprint density at radius 1 is 1.05 bits per heavy atom. The number of nitrogens with zero attached hydrogens (tertiary/aromatic N) is 7. The highest BCUT2D eigenvalue weighted by molar-refractivity contribution is 7.20. The van der Waals surface area contributed by atoms with Gasteiger partial charge in [-0.25, -0.2) is 15.0 Å². The van der Waals surface area contributed by atoms with Crippen molar-refractivity contribution in [1.82, 2.24) is 39.7 Å². The van der Waals surface area contributed by atoms with Crippen LogP contribution in [0.3, 0.4) is 0 Å². The van der Waals surface area contributed by atoms with Crippen molar-refractivity contribution in [3.63, 3.8) is 0 Å². The Kier molecular flexibility index (Phi) is 19.3. The molecule has 2 saturated heterocycles. The van der Waals surface area contributed by atoms with Gasteiger partial charge in [0.1, 0.15) is 5.84 Å². The number of piperidine rings is 2. The molecule has 13 heteroatoms. The maximum Gasteiger partial charge on any atom is 0.180 e. The molecular formula is C46H66N12S. The minimum Gasteiger partial charge on any atom is -0.382 e. The first-order valence-corrected chi connectivity index (χ1v) is 21.5. The van der Waals surface area contributed by atoms with Crippen molar-refractivity contribution in [2.45, 2.75) is 72.6 Å². The van der Waals surface area contributed by atoms with Gasteiger partial charge in [0.25, 0.3) is 0 Å². The van der Waals surface area contributed by atoms with E-state index in [-0.39, 0.29) is 0 Å². The standard InChI is InChI=1S/C18H19N3S.C15H19N7.C6H13N.C6H10.CH5N/c1-4-12(3)17-18(19)20-11-14(21(17)5-2)16-10-13-8-6-7-9-15(13)22-16;1-21-9-12(8-18-21)19-14-15-20-13(10-22(15)6-5-17-14)11-3-2-4-16-7-11;1-6-3-2-4-7-5-6;1-3-5-6-4-2;1-2/h5-11H,2,4H2,1,3H3,(H2,19,20);5-6,8-11,16H,2-4,7H2,1H3,(H,17,19);6-7H,2-5H2,1H3;3-6H,1-2H3;2H2,1H3/b;;;5-3-,6-4-;/t;;6-;;/m..0../s1. The molecule has 1 unspecified atom stereocenters. The first kappa shape index (κ1) is 46.4. The lowest BCUT2D eigenvalue weighted by atomic mass is 9.97. The molecule has 8 rings (SSSR count). The molecule has 0 spiro atoms. The van der Waals surface area contributed by atoms with Crippen LogP contribution in [0, 0.1) is 5.92 Å². The summed E-state index contributed by atoms with van der Waals surface area (Å²) in [6.45, 7) is 19.1. The monoisotopic (exact) mass is 819 g/mol. The molecule has 0 saturated carbocycles. The summed E-state index contributed by atoms with van der Waals surface area (Å²) in [4.78, 5) is 16.8. The van der Waals surface area contributed by atoms with Crippen LogP contribution in [0.15, 0.2) is 121 Å². The van der Waals surface area contributed by atoms with E-state index in [2.05, 4.69) is 101 Å². The van der Waals surface area contributed by atoms with Gasteiger partial charge in [-0.05, 0) is 109 Å². The lowest BCUT2D eigenvalue weighted by molar-refractivity contribution is 0.405. The van der Waals surface area contributed by atoms with E-state index in [9.17, 15) is 0 Å². The van der Waals surface area contributed by atoms with Crippen molar-refractivity contribution in [2.24, 2.45) is 29.4 Å². The zero-order valence-corrected chi connectivity index (χ0v) is 37.0. The highest BCUT2D eigenvalue weighted by Crippen LogP contribution is 2.36. The molecule has 2 fully saturated rings. The Hall–Kier alpha value is -5.34. The molecule has 0 bridgehead atoms. The van der Waals surface area contributed by atoms with E-state index >= 15 is 0 Å². The van der Waals surface area contributed by atoms with Crippen LogP contribution >= 0.6 is 11.3 Å². The van der Waals surface area contributed by atoms with Crippen LogP contribution in [0.1, 0.15) is 83.2 Å². The van der Waals surface area contributed by atoms with Gasteiger partial charge in [-0.15, -0.1) is 11.3 Å². The number of hydrogen-bond donors (Lipinski definition) is 5. The number of imidazole rings is 1. The molecular weight excluding hydrogens is 753 g/mol. The number of thiophene rings is 1. The average molecular weight is 819 g/mol. The number of fused-ring (bicyclic) bond motifs is 2. The van der Waals surface area contributed by atoms with Crippen molar-refractivity contribution >= 4 is 50.1 Å². The summed E-state index contributed by atoms with van der Waals surface area (Å²) < 4.78 is 5.06. The van der Waals surface area contributed by atoms with Crippen LogP contribution in [0.25, 0.3) is 21.4 Å². The van der Waals surface area contributed by atoms with Crippen LogP contribution in [0.2, 0.25) is 0 Å². The van der Waals surface area contributed by atoms with Crippen LogP contribution in [0.5, 0.6) is 0 Å². The van der Waals surface area contributed by atoms with Gasteiger partial charge in [0, 0.05) is 55.2 Å². The minimum absolute atomic E-state index is 0.486. The first-order chi connectivity index (χ1) is 28.8. The Bertz CT molecular complexity index is 2150. The predicted molar refractivity (Wildman–Crippen MR) is 252 cm³/mol. The minimum atomic E-state index is 0.486. The number of nitrogens with one attached hydrogen (secondary N) is 3. The molecule has 2 atom stereocenters. The van der Waals surface area contributed by atoms with Crippen LogP contribution in [-0.4, -0.2) is 68.1 Å². The Balaban J connectivity index is 0.000000195. The van der Waals surface area contributed by atoms with E-state index in [1.54, 1.807) is 28.4 Å². The van der Waals surface area contributed by atoms with Gasteiger partial charge < -0.3 is 36.7 Å². The van der Waals surface area contributed by atoms with Crippen molar-refractivity contribution < 1.29 is 0 Å². The molecule has 3 aliphatic heterocycles. The van der Waals surface area contributed by atoms with E-state index in [4.69, 9.17) is 10.7 Å². The number of aromatic nitrogens is 5. The van der Waals surface area contributed by atoms with Crippen molar-refractivity contribution in [3.05, 3.63) is 126 Å². The zero-order chi connectivity index (χ0) is 42.6. The smallest absolute Gasteiger partial charge is 0.180 e. The van der Waals surface area contributed by atoms with E-state index in [0.717, 1.165) is 59.7 Å². The van der Waals surface area contributed by atoms with E-state index < -0.39 is 0 Å². The molecule has 3 aliphatic rings. The number of allylic oxidation sites excluding steroid dienone is 5. The van der Waals surface area contributed by atoms with Gasteiger partial charge in [0.15, 0.2) is 11.5 Å². The number of hydrogen-bond acceptors (Lipinski definition) is 11. The molecule has 4 aromatic heterocycles. The fraction of sp³-hybridized carbons (Fsp3) is 0.391. The lowest BCUT2D eigenvalue weighted by Crippen LogP contribution is -2.30. The summed E-state index contributed by atoms with van der Waals surface area (Å²) in [6, 6.07) is 10.6. The molecule has 1 aromatic carbocycles. The number of aryl methyl sites for hydroxylation is 1. The normalized spacial score (nSPS) is 18.6. The second-order valence-electron chi connectivity index (χ2n) is 14.5. The van der Waals surface area contributed by atoms with Crippen molar-refractivity contribution in [1.29, 1.82) is 0 Å². The molecule has 7 N–H and O–H groups in total. The van der Waals surface area contributed by atoms with Gasteiger partial charge >= 0.3 is 0 Å². The highest BCUT2D eigenvalue weighted by atomic mass is 32.1. The zero-order valence-electron chi connectivity index (χ0n) is 36.2. The molecule has 0 radical (unpaired) electrons. The maximum atomic E-state index is 6.10. The fourth-order valence-corrected chi connectivity index (χ4v) is 7.84. The molecule has 59 heavy (non-hydrogen) atoms. The number of nitrogens with two attached hydrogens (primary N) is 2. The van der Waals surface area contributed by atoms with Gasteiger partial charge in [-0.3, -0.25) is 4.68 Å². The van der Waals surface area contributed by atoms with Gasteiger partial charge in [0.2, 0.25) is 0 Å². The highest BCUT2D eigenvalue weighted by Gasteiger charge is 2.23. The number of aliphatic imine (C=N–C) groups is 1. The van der Waals surface area contributed by atoms with Crippen molar-refractivity contribution in [2.75, 3.05) is 38.5 Å². The molecule has 5 aromatic rings. The SMILES string of the molecule is C/C=C\C=C/C.C=CN1C(c2cc3ccccc3s2)=CN=C(N)C1=C(C)CC.CN.C[C@H]1CCCNC1.Cn1cc(Nc2nccn3cc(C4CCCNC4)nc23)cn1. The quantitative estimate of drug-likeness (QED) is 0.101. The summed E-state index contributed by atoms with van der Waals surface area (Å²) in [5.41, 5.74) is 16.7. The van der Waals surface area contributed by atoms with E-state index in [1.165, 1.54) is 66.4 Å². The van der Waals surface area contributed by atoms with Gasteiger partial charge in [0.05, 0.1) is 40.0 Å². The summed E-state index contributed by atoms with van der Waals surface area (Å²) in [5.74, 6) is 2.71. The molecule has 7 heterocycles. The summed E-state index contributed by atoms with van der Waals surface area (Å²) >= 11 is 1.76. The molecule has 316 valence electrons. The predicted octanol–water partition coefficient (Wildman–Crippen LogP) is 9.09. The number of amidine groups is 1. The van der Waals surface area contributed by atoms with Crippen LogP contribution in [-0.2, 0) is 7.05 Å². The third kappa shape index (κ3) is 13.3. The summed E-state index contributed by atoms with van der Waals surface area (Å²) in [7, 11) is 3.39. The Labute approximate surface area is 355 Å². The van der Waals surface area contributed by atoms with Gasteiger partial charge in [-0.2, -0.15) is 5.10 Å². The van der Waals surface area contributed by atoms with Gasteiger partial charge in [-0.1, -0.05) is 62.9 Å². The Morgan fingerprint density at radius 2 is 1.78 bits per heavy atom. The second kappa shape index (κ2) is 24.6. The third-order valence-corrected chi connectivity index (χ3v) is 11.1. The van der Waals surface area contributed by atoms with Crippen LogP contribution in [0.4, 0.5) is 11.5 Å². The topological polar surface area (TPSA) is 152 Å². The summed E-state index contributed by atoms with van der Waals surface area (Å²) in [6.07, 6.45) is 27.3. The molecule has 0 aliphatic carbocycles.